The molecule has 1 unspecified atom stereocenters. The van der Waals surface area contributed by atoms with Crippen molar-refractivity contribution >= 4 is 29.0 Å². The summed E-state index contributed by atoms with van der Waals surface area (Å²) in [5.41, 5.74) is -1.18. The van der Waals surface area contributed by atoms with Gasteiger partial charge in [-0.15, -0.1) is 0 Å². The molecule has 0 saturated carbocycles. The van der Waals surface area contributed by atoms with Crippen molar-refractivity contribution in [3.63, 3.8) is 0 Å². The summed E-state index contributed by atoms with van der Waals surface area (Å²) in [5, 5.41) is 19.0. The summed E-state index contributed by atoms with van der Waals surface area (Å²) in [6, 6.07) is 1.28. The highest BCUT2D eigenvalue weighted by molar-refractivity contribution is 6.32. The summed E-state index contributed by atoms with van der Waals surface area (Å²) < 4.78 is 13.4. The lowest BCUT2D eigenvalue weighted by atomic mass is 9.95. The molecule has 1 aromatic rings. The van der Waals surface area contributed by atoms with Gasteiger partial charge in [0, 0.05) is 6.07 Å². The molecule has 6 nitrogen and oxygen atoms in total. The van der Waals surface area contributed by atoms with E-state index >= 15 is 0 Å². The standard InChI is InChI=1S/C10H7ClFNO5/c1-4(14)9(10(15)16)5-2-7(12)8(13(17)18)3-6(5)11/h2-3,9H,1H3,(H,15,16). The van der Waals surface area contributed by atoms with Gasteiger partial charge in [0.2, 0.25) is 5.82 Å². The molecule has 1 aromatic carbocycles. The summed E-state index contributed by atoms with van der Waals surface area (Å²) in [4.78, 5) is 31.5. The molecular weight excluding hydrogens is 269 g/mol. The smallest absolute Gasteiger partial charge is 0.318 e. The summed E-state index contributed by atoms with van der Waals surface area (Å²) >= 11 is 5.64. The number of nitro benzene ring substituents is 1. The van der Waals surface area contributed by atoms with Gasteiger partial charge in [0.05, 0.1) is 9.95 Å². The topological polar surface area (TPSA) is 97.5 Å². The summed E-state index contributed by atoms with van der Waals surface area (Å²) in [6.45, 7) is 1.01. The SMILES string of the molecule is CC(=O)C(C(=O)O)c1cc(F)c([N+](=O)[O-])cc1Cl. The highest BCUT2D eigenvalue weighted by Gasteiger charge is 2.30. The summed E-state index contributed by atoms with van der Waals surface area (Å²) in [5.74, 6) is -5.14. The monoisotopic (exact) mass is 275 g/mol. The molecule has 0 aliphatic heterocycles. The second-order valence-electron chi connectivity index (χ2n) is 3.46. The molecule has 0 heterocycles. The zero-order valence-corrected chi connectivity index (χ0v) is 9.77. The lowest BCUT2D eigenvalue weighted by Gasteiger charge is -2.11. The van der Waals surface area contributed by atoms with Crippen LogP contribution >= 0.6 is 11.6 Å². The highest BCUT2D eigenvalue weighted by atomic mass is 35.5. The molecule has 1 N–H and O–H groups in total. The van der Waals surface area contributed by atoms with Gasteiger partial charge in [0.25, 0.3) is 0 Å². The van der Waals surface area contributed by atoms with Crippen LogP contribution in [0.2, 0.25) is 5.02 Å². The second kappa shape index (κ2) is 5.09. The van der Waals surface area contributed by atoms with Gasteiger partial charge < -0.3 is 5.11 Å². The average Bonchev–Trinajstić information content (AvgIpc) is 2.21. The maximum atomic E-state index is 13.4. The molecule has 0 amide bonds. The molecule has 0 spiro atoms. The number of carboxylic acid groups (broad SMARTS) is 1. The normalized spacial score (nSPS) is 11.9. The van der Waals surface area contributed by atoms with Gasteiger partial charge in [-0.05, 0) is 18.6 Å². The van der Waals surface area contributed by atoms with E-state index in [2.05, 4.69) is 0 Å². The zero-order valence-electron chi connectivity index (χ0n) is 9.02. The maximum Gasteiger partial charge on any atom is 0.318 e. The third-order valence-electron chi connectivity index (χ3n) is 2.23. The molecule has 0 radical (unpaired) electrons. The maximum absolute atomic E-state index is 13.4. The third kappa shape index (κ3) is 2.62. The van der Waals surface area contributed by atoms with Gasteiger partial charge in [-0.25, -0.2) is 0 Å². The zero-order chi connectivity index (χ0) is 14.0. The average molecular weight is 276 g/mol. The Kier molecular flexibility index (Phi) is 3.97. The van der Waals surface area contributed by atoms with E-state index in [1.807, 2.05) is 0 Å². The van der Waals surface area contributed by atoms with Gasteiger partial charge in [-0.1, -0.05) is 11.6 Å². The number of carbonyl (C=O) groups excluding carboxylic acids is 1. The van der Waals surface area contributed by atoms with E-state index in [9.17, 15) is 24.1 Å². The van der Waals surface area contributed by atoms with Crippen LogP contribution < -0.4 is 0 Å². The molecule has 18 heavy (non-hydrogen) atoms. The number of aliphatic carboxylic acids is 1. The Hall–Kier alpha value is -2.02. The summed E-state index contributed by atoms with van der Waals surface area (Å²) in [6.07, 6.45) is 0. The van der Waals surface area contributed by atoms with Gasteiger partial charge in [-0.3, -0.25) is 19.7 Å². The number of benzene rings is 1. The highest BCUT2D eigenvalue weighted by Crippen LogP contribution is 2.31. The van der Waals surface area contributed by atoms with Crippen LogP contribution in [0.1, 0.15) is 18.4 Å². The first kappa shape index (κ1) is 14.0. The van der Waals surface area contributed by atoms with Gasteiger partial charge in [-0.2, -0.15) is 4.39 Å². The van der Waals surface area contributed by atoms with Gasteiger partial charge >= 0.3 is 11.7 Å². The molecule has 0 bridgehead atoms. The number of hydrogen-bond donors (Lipinski definition) is 1. The van der Waals surface area contributed by atoms with Crippen LogP contribution in [-0.4, -0.2) is 21.8 Å². The van der Waals surface area contributed by atoms with Gasteiger partial charge in [0.1, 0.15) is 11.7 Å². The molecule has 0 aliphatic carbocycles. The predicted octanol–water partition coefficient (Wildman–Crippen LogP) is 2.14. The lowest BCUT2D eigenvalue weighted by Crippen LogP contribution is -2.20. The predicted molar refractivity (Wildman–Crippen MR) is 59.1 cm³/mol. The van der Waals surface area contributed by atoms with Crippen LogP contribution in [0, 0.1) is 15.9 Å². The van der Waals surface area contributed by atoms with E-state index < -0.39 is 34.1 Å². The van der Waals surface area contributed by atoms with Crippen LogP contribution in [0.5, 0.6) is 0 Å². The number of carbonyl (C=O) groups is 2. The van der Waals surface area contributed by atoms with Crippen molar-refractivity contribution in [3.05, 3.63) is 38.7 Å². The third-order valence-corrected chi connectivity index (χ3v) is 2.55. The Balaban J connectivity index is 3.43. The molecule has 0 saturated heterocycles. The molecule has 0 aromatic heterocycles. The first-order valence-corrected chi connectivity index (χ1v) is 5.00. The Morgan fingerprint density at radius 3 is 2.44 bits per heavy atom. The number of ketones is 1. The number of nitro groups is 1. The lowest BCUT2D eigenvalue weighted by molar-refractivity contribution is -0.387. The van der Waals surface area contributed by atoms with Crippen molar-refractivity contribution in [2.45, 2.75) is 12.8 Å². The van der Waals surface area contributed by atoms with Gasteiger partial charge in [0.15, 0.2) is 0 Å². The van der Waals surface area contributed by atoms with E-state index in [1.54, 1.807) is 0 Å². The number of carboxylic acids is 1. The molecular formula is C10H7ClFNO5. The fourth-order valence-electron chi connectivity index (χ4n) is 1.44. The molecule has 0 aliphatic rings. The van der Waals surface area contributed by atoms with Crippen molar-refractivity contribution in [2.75, 3.05) is 0 Å². The van der Waals surface area contributed by atoms with E-state index in [0.29, 0.717) is 12.1 Å². The van der Waals surface area contributed by atoms with Crippen molar-refractivity contribution in [1.82, 2.24) is 0 Å². The minimum absolute atomic E-state index is 0.306. The van der Waals surface area contributed by atoms with Crippen LogP contribution in [0.15, 0.2) is 12.1 Å². The first-order valence-electron chi connectivity index (χ1n) is 4.62. The minimum atomic E-state index is -1.65. The number of rotatable bonds is 4. The van der Waals surface area contributed by atoms with Crippen LogP contribution in [0.4, 0.5) is 10.1 Å². The molecule has 1 atom stereocenters. The molecule has 0 fully saturated rings. The molecule has 8 heteroatoms. The van der Waals surface area contributed by atoms with Crippen molar-refractivity contribution in [3.8, 4) is 0 Å². The number of hydrogen-bond acceptors (Lipinski definition) is 4. The van der Waals surface area contributed by atoms with Crippen molar-refractivity contribution < 1.29 is 24.0 Å². The molecule has 96 valence electrons. The first-order chi connectivity index (χ1) is 8.25. The number of halogens is 2. The van der Waals surface area contributed by atoms with Crippen LogP contribution in [-0.2, 0) is 9.59 Å². The largest absolute Gasteiger partial charge is 0.480 e. The van der Waals surface area contributed by atoms with E-state index in [-0.39, 0.29) is 10.6 Å². The Morgan fingerprint density at radius 2 is 2.06 bits per heavy atom. The van der Waals surface area contributed by atoms with Crippen LogP contribution in [0.3, 0.4) is 0 Å². The second-order valence-corrected chi connectivity index (χ2v) is 3.87. The van der Waals surface area contributed by atoms with E-state index in [0.717, 1.165) is 6.92 Å². The molecule has 1 rings (SSSR count). The Morgan fingerprint density at radius 1 is 1.50 bits per heavy atom. The Bertz CT molecular complexity index is 531. The fraction of sp³-hybridized carbons (Fsp3) is 0.200. The fourth-order valence-corrected chi connectivity index (χ4v) is 1.71. The van der Waals surface area contributed by atoms with E-state index in [4.69, 9.17) is 16.7 Å². The van der Waals surface area contributed by atoms with E-state index in [1.165, 1.54) is 0 Å². The van der Waals surface area contributed by atoms with Crippen molar-refractivity contribution in [2.24, 2.45) is 0 Å². The Labute approximate surface area is 105 Å². The van der Waals surface area contributed by atoms with Crippen LogP contribution in [0.25, 0.3) is 0 Å². The minimum Gasteiger partial charge on any atom is -0.480 e. The summed E-state index contributed by atoms with van der Waals surface area (Å²) in [7, 11) is 0. The number of Topliss-reactive ketones (excluding diaryl/α,β-unsaturated/α-hetero) is 1. The quantitative estimate of drug-likeness (QED) is 0.516. The number of nitrogens with zero attached hydrogens (tertiary/aromatic N) is 1. The van der Waals surface area contributed by atoms with Crippen molar-refractivity contribution in [1.29, 1.82) is 0 Å².